The van der Waals surface area contributed by atoms with E-state index in [2.05, 4.69) is 15.9 Å². The van der Waals surface area contributed by atoms with Crippen LogP contribution in [0.2, 0.25) is 0 Å². The molecule has 0 aliphatic carbocycles. The molecule has 1 atom stereocenters. The van der Waals surface area contributed by atoms with E-state index in [9.17, 15) is 14.7 Å². The molecule has 1 unspecified atom stereocenters. The minimum absolute atomic E-state index is 0.225. The van der Waals surface area contributed by atoms with Gasteiger partial charge in [-0.25, -0.2) is 9.59 Å². The molecular weight excluding hydrogens is 344 g/mol. The molecular formula is C13H17BrN2O3S. The zero-order chi connectivity index (χ0) is 14.9. The summed E-state index contributed by atoms with van der Waals surface area (Å²) in [6, 6.07) is 1.74. The quantitative estimate of drug-likeness (QED) is 0.900. The van der Waals surface area contributed by atoms with Crippen LogP contribution >= 0.6 is 27.3 Å². The van der Waals surface area contributed by atoms with E-state index >= 15 is 0 Å². The summed E-state index contributed by atoms with van der Waals surface area (Å²) in [5.41, 5.74) is -1.08. The van der Waals surface area contributed by atoms with Gasteiger partial charge in [0.1, 0.15) is 5.54 Å². The van der Waals surface area contributed by atoms with E-state index < -0.39 is 11.5 Å². The summed E-state index contributed by atoms with van der Waals surface area (Å²) in [6.07, 6.45) is 1.24. The summed E-state index contributed by atoms with van der Waals surface area (Å²) >= 11 is 4.95. The molecule has 2 amide bonds. The Labute approximate surface area is 130 Å². The molecule has 1 aliphatic rings. The lowest BCUT2D eigenvalue weighted by Gasteiger charge is -2.34. The fourth-order valence-corrected chi connectivity index (χ4v) is 3.94. The number of carbonyl (C=O) groups excluding carboxylic acids is 1. The van der Waals surface area contributed by atoms with Crippen molar-refractivity contribution in [2.75, 3.05) is 13.6 Å². The first-order valence-corrected chi connectivity index (χ1v) is 8.01. The van der Waals surface area contributed by atoms with Gasteiger partial charge in [0.05, 0.1) is 6.54 Å². The normalized spacial score (nSPS) is 22.1. The van der Waals surface area contributed by atoms with Gasteiger partial charge < -0.3 is 14.9 Å². The second kappa shape index (κ2) is 5.73. The van der Waals surface area contributed by atoms with E-state index in [1.54, 1.807) is 30.2 Å². The lowest BCUT2D eigenvalue weighted by atomic mass is 10.00. The molecule has 1 N–H and O–H groups in total. The number of thiophene rings is 1. The van der Waals surface area contributed by atoms with Crippen LogP contribution in [0.1, 0.15) is 24.6 Å². The van der Waals surface area contributed by atoms with Gasteiger partial charge in [-0.15, -0.1) is 11.3 Å². The summed E-state index contributed by atoms with van der Waals surface area (Å²) in [5, 5.41) is 11.3. The number of urea groups is 1. The first kappa shape index (κ1) is 15.3. The minimum atomic E-state index is -1.08. The number of rotatable bonds is 3. The highest BCUT2D eigenvalue weighted by Gasteiger charge is 2.46. The van der Waals surface area contributed by atoms with Gasteiger partial charge in [-0.2, -0.15) is 0 Å². The SMILES string of the molecule is CN(Cc1cc(Br)cs1)C(=O)N1CCCC1(C)C(=O)O. The molecule has 1 fully saturated rings. The molecule has 0 bridgehead atoms. The van der Waals surface area contributed by atoms with Gasteiger partial charge in [0.2, 0.25) is 0 Å². The van der Waals surface area contributed by atoms with Crippen molar-refractivity contribution in [1.29, 1.82) is 0 Å². The summed E-state index contributed by atoms with van der Waals surface area (Å²) in [4.78, 5) is 28.0. The zero-order valence-corrected chi connectivity index (χ0v) is 13.8. The Kier molecular flexibility index (Phi) is 4.39. The third-order valence-corrected chi connectivity index (χ3v) is 5.36. The first-order chi connectivity index (χ1) is 9.34. The molecule has 1 aliphatic heterocycles. The van der Waals surface area contributed by atoms with Gasteiger partial charge in [-0.05, 0) is 41.8 Å². The minimum Gasteiger partial charge on any atom is -0.480 e. The molecule has 0 aromatic carbocycles. The van der Waals surface area contributed by atoms with Gasteiger partial charge in [0.15, 0.2) is 0 Å². The van der Waals surface area contributed by atoms with Crippen molar-refractivity contribution < 1.29 is 14.7 Å². The third kappa shape index (κ3) is 2.83. The lowest BCUT2D eigenvalue weighted by Crippen LogP contribution is -2.54. The van der Waals surface area contributed by atoms with Crippen LogP contribution in [0, 0.1) is 0 Å². The number of carboxylic acids is 1. The van der Waals surface area contributed by atoms with Gasteiger partial charge in [0, 0.05) is 28.3 Å². The van der Waals surface area contributed by atoms with Gasteiger partial charge in [-0.3, -0.25) is 0 Å². The maximum absolute atomic E-state index is 12.5. The van der Waals surface area contributed by atoms with Crippen LogP contribution in [-0.4, -0.2) is 46.0 Å². The van der Waals surface area contributed by atoms with Crippen LogP contribution in [-0.2, 0) is 11.3 Å². The molecule has 110 valence electrons. The van der Waals surface area contributed by atoms with E-state index in [4.69, 9.17) is 0 Å². The summed E-state index contributed by atoms with van der Waals surface area (Å²) < 4.78 is 0.995. The number of nitrogens with zero attached hydrogens (tertiary/aromatic N) is 2. The Bertz CT molecular complexity index is 533. The molecule has 1 saturated heterocycles. The topological polar surface area (TPSA) is 60.9 Å². The molecule has 1 aromatic rings. The zero-order valence-electron chi connectivity index (χ0n) is 11.4. The monoisotopic (exact) mass is 360 g/mol. The molecule has 7 heteroatoms. The van der Waals surface area contributed by atoms with Crippen LogP contribution in [0.4, 0.5) is 4.79 Å². The predicted octanol–water partition coefficient (Wildman–Crippen LogP) is 3.00. The third-order valence-electron chi connectivity index (χ3n) is 3.67. The molecule has 1 aromatic heterocycles. The molecule has 20 heavy (non-hydrogen) atoms. The van der Waals surface area contributed by atoms with Crippen molar-refractivity contribution in [2.24, 2.45) is 0 Å². The van der Waals surface area contributed by atoms with E-state index in [0.29, 0.717) is 19.5 Å². The highest BCUT2D eigenvalue weighted by atomic mass is 79.9. The van der Waals surface area contributed by atoms with Gasteiger partial charge >= 0.3 is 12.0 Å². The Morgan fingerprint density at radius 2 is 2.30 bits per heavy atom. The largest absolute Gasteiger partial charge is 0.480 e. The Morgan fingerprint density at radius 1 is 1.60 bits per heavy atom. The van der Waals surface area contributed by atoms with E-state index in [1.807, 2.05) is 11.4 Å². The van der Waals surface area contributed by atoms with Crippen LogP contribution in [0.15, 0.2) is 15.9 Å². The van der Waals surface area contributed by atoms with Gasteiger partial charge in [0.25, 0.3) is 0 Å². The van der Waals surface area contributed by atoms with E-state index in [1.165, 1.54) is 4.90 Å². The highest BCUT2D eigenvalue weighted by Crippen LogP contribution is 2.30. The summed E-state index contributed by atoms with van der Waals surface area (Å²) in [6.45, 7) is 2.61. The second-order valence-electron chi connectivity index (χ2n) is 5.20. The van der Waals surface area contributed by atoms with Crippen molar-refractivity contribution >= 4 is 39.3 Å². The van der Waals surface area contributed by atoms with Crippen molar-refractivity contribution in [3.63, 3.8) is 0 Å². The number of aliphatic carboxylic acids is 1. The average molecular weight is 361 g/mol. The first-order valence-electron chi connectivity index (χ1n) is 6.33. The average Bonchev–Trinajstić information content (AvgIpc) is 2.95. The molecule has 2 rings (SSSR count). The standard InChI is InChI=1S/C13H17BrN2O3S/c1-13(11(17)18)4-3-5-16(13)12(19)15(2)7-10-6-9(14)8-20-10/h6,8H,3-5,7H2,1-2H3,(H,17,18). The van der Waals surface area contributed by atoms with Crippen LogP contribution in [0.25, 0.3) is 0 Å². The van der Waals surface area contributed by atoms with Crippen molar-refractivity contribution in [2.45, 2.75) is 31.8 Å². The van der Waals surface area contributed by atoms with Crippen molar-refractivity contribution in [3.05, 3.63) is 20.8 Å². The summed E-state index contributed by atoms with van der Waals surface area (Å²) in [7, 11) is 1.70. The van der Waals surface area contributed by atoms with Gasteiger partial charge in [-0.1, -0.05) is 0 Å². The maximum atomic E-state index is 12.5. The Hall–Kier alpha value is -1.08. The summed E-state index contributed by atoms with van der Waals surface area (Å²) in [5.74, 6) is -0.935. The van der Waals surface area contributed by atoms with E-state index in [0.717, 1.165) is 15.8 Å². The molecule has 0 saturated carbocycles. The van der Waals surface area contributed by atoms with Crippen molar-refractivity contribution in [1.82, 2.24) is 9.80 Å². The fourth-order valence-electron chi connectivity index (χ4n) is 2.44. The number of carbonyl (C=O) groups is 2. The maximum Gasteiger partial charge on any atom is 0.329 e. The Balaban J connectivity index is 2.08. The second-order valence-corrected chi connectivity index (χ2v) is 7.12. The Morgan fingerprint density at radius 3 is 2.85 bits per heavy atom. The van der Waals surface area contributed by atoms with E-state index in [-0.39, 0.29) is 6.03 Å². The van der Waals surface area contributed by atoms with Crippen molar-refractivity contribution in [3.8, 4) is 0 Å². The van der Waals surface area contributed by atoms with Crippen LogP contribution in [0.5, 0.6) is 0 Å². The molecule has 5 nitrogen and oxygen atoms in total. The number of carboxylic acid groups (broad SMARTS) is 1. The highest BCUT2D eigenvalue weighted by molar-refractivity contribution is 9.10. The fraction of sp³-hybridized carbons (Fsp3) is 0.538. The lowest BCUT2D eigenvalue weighted by molar-refractivity contribution is -0.147. The number of hydrogen-bond donors (Lipinski definition) is 1. The molecule has 2 heterocycles. The van der Waals surface area contributed by atoms with Crippen LogP contribution in [0.3, 0.4) is 0 Å². The number of amides is 2. The molecule has 0 radical (unpaired) electrons. The number of halogens is 1. The predicted molar refractivity (Wildman–Crippen MR) is 80.9 cm³/mol. The molecule has 0 spiro atoms. The smallest absolute Gasteiger partial charge is 0.329 e. The van der Waals surface area contributed by atoms with Crippen LogP contribution < -0.4 is 0 Å². The number of likely N-dealkylation sites (tertiary alicyclic amines) is 1. The number of hydrogen-bond acceptors (Lipinski definition) is 3.